The monoisotopic (exact) mass is 371 g/mol. The second-order valence-electron chi connectivity index (χ2n) is 6.82. The van der Waals surface area contributed by atoms with Gasteiger partial charge in [-0.25, -0.2) is 17.9 Å². The molecule has 1 aliphatic carbocycles. The third-order valence-electron chi connectivity index (χ3n) is 5.22. The molecule has 0 radical (unpaired) electrons. The fourth-order valence-electron chi connectivity index (χ4n) is 3.79. The van der Waals surface area contributed by atoms with E-state index in [0.29, 0.717) is 11.0 Å². The van der Waals surface area contributed by atoms with Gasteiger partial charge in [-0.05, 0) is 48.6 Å². The third-order valence-corrected chi connectivity index (χ3v) is 6.69. The van der Waals surface area contributed by atoms with Crippen molar-refractivity contribution in [1.29, 1.82) is 0 Å². The van der Waals surface area contributed by atoms with Crippen LogP contribution < -0.4 is 10.4 Å². The lowest BCUT2D eigenvalue weighted by Gasteiger charge is -2.26. The Morgan fingerprint density at radius 3 is 2.58 bits per heavy atom. The van der Waals surface area contributed by atoms with Crippen molar-refractivity contribution in [3.63, 3.8) is 0 Å². The Labute approximate surface area is 152 Å². The molecule has 0 saturated carbocycles. The molecule has 0 bridgehead atoms. The molecule has 1 atom stereocenters. The molecule has 3 aromatic rings. The first-order valence-electron chi connectivity index (χ1n) is 8.64. The van der Waals surface area contributed by atoms with Crippen LogP contribution in [0, 0.1) is 0 Å². The van der Waals surface area contributed by atoms with E-state index >= 15 is 0 Å². The van der Waals surface area contributed by atoms with Crippen LogP contribution in [-0.2, 0) is 30.5 Å². The van der Waals surface area contributed by atoms with Crippen LogP contribution in [0.5, 0.6) is 0 Å². The molecule has 0 unspecified atom stereocenters. The summed E-state index contributed by atoms with van der Waals surface area (Å²) in [5.41, 5.74) is 3.38. The van der Waals surface area contributed by atoms with E-state index in [1.54, 1.807) is 32.3 Å². The topological polar surface area (TPSA) is 73.1 Å². The minimum atomic E-state index is -3.69. The van der Waals surface area contributed by atoms with Gasteiger partial charge in [-0.2, -0.15) is 0 Å². The van der Waals surface area contributed by atoms with Crippen LogP contribution in [0.15, 0.2) is 52.2 Å². The van der Waals surface area contributed by atoms with E-state index < -0.39 is 10.0 Å². The maximum atomic E-state index is 13.0. The van der Waals surface area contributed by atoms with Crippen LogP contribution in [0.3, 0.4) is 0 Å². The highest BCUT2D eigenvalue weighted by atomic mass is 32.2. The highest BCUT2D eigenvalue weighted by Crippen LogP contribution is 2.31. The van der Waals surface area contributed by atoms with Gasteiger partial charge in [0.2, 0.25) is 10.0 Å². The summed E-state index contributed by atoms with van der Waals surface area (Å²) in [6.07, 6.45) is 2.71. The molecule has 1 aliphatic rings. The van der Waals surface area contributed by atoms with Gasteiger partial charge in [0.15, 0.2) is 0 Å². The van der Waals surface area contributed by atoms with Crippen molar-refractivity contribution in [2.75, 3.05) is 0 Å². The number of hydrogen-bond donors (Lipinski definition) is 1. The predicted octanol–water partition coefficient (Wildman–Crippen LogP) is 2.23. The van der Waals surface area contributed by atoms with Crippen molar-refractivity contribution in [1.82, 2.24) is 13.9 Å². The average molecular weight is 371 g/mol. The number of nitrogens with one attached hydrogen (secondary N) is 1. The second-order valence-corrected chi connectivity index (χ2v) is 8.53. The smallest absolute Gasteiger partial charge is 0.295 e. The summed E-state index contributed by atoms with van der Waals surface area (Å²) in [6, 6.07) is 12.6. The Kier molecular flexibility index (Phi) is 4.00. The van der Waals surface area contributed by atoms with Crippen molar-refractivity contribution in [2.45, 2.75) is 30.2 Å². The maximum Gasteiger partial charge on any atom is 0.328 e. The molecule has 1 N–H and O–H groups in total. The molecule has 2 aromatic carbocycles. The number of benzene rings is 2. The van der Waals surface area contributed by atoms with Crippen LogP contribution in [0.4, 0.5) is 0 Å². The first-order chi connectivity index (χ1) is 12.4. The number of fused-ring (bicyclic) bond motifs is 2. The lowest BCUT2D eigenvalue weighted by molar-refractivity contribution is 0.507. The molecule has 6 nitrogen and oxygen atoms in total. The van der Waals surface area contributed by atoms with E-state index in [-0.39, 0.29) is 16.6 Å². The number of sulfonamides is 1. The van der Waals surface area contributed by atoms with Gasteiger partial charge in [0.25, 0.3) is 0 Å². The molecule has 1 aromatic heterocycles. The number of hydrogen-bond acceptors (Lipinski definition) is 3. The quantitative estimate of drug-likeness (QED) is 0.767. The van der Waals surface area contributed by atoms with Gasteiger partial charge in [0.05, 0.1) is 15.9 Å². The Bertz CT molecular complexity index is 1160. The number of aromatic nitrogens is 2. The summed E-state index contributed by atoms with van der Waals surface area (Å²) in [6.45, 7) is 0. The zero-order chi connectivity index (χ0) is 18.5. The fraction of sp³-hybridized carbons (Fsp3) is 0.316. The number of rotatable bonds is 3. The van der Waals surface area contributed by atoms with Crippen LogP contribution in [0.1, 0.15) is 30.0 Å². The van der Waals surface area contributed by atoms with Crippen LogP contribution in [0.2, 0.25) is 0 Å². The van der Waals surface area contributed by atoms with Gasteiger partial charge < -0.3 is 0 Å². The summed E-state index contributed by atoms with van der Waals surface area (Å²) in [5, 5.41) is 0. The van der Waals surface area contributed by atoms with Crippen LogP contribution >= 0.6 is 0 Å². The lowest BCUT2D eigenvalue weighted by atomic mass is 9.88. The summed E-state index contributed by atoms with van der Waals surface area (Å²) in [4.78, 5) is 12.2. The third kappa shape index (κ3) is 2.68. The number of nitrogens with zero attached hydrogens (tertiary/aromatic N) is 2. The zero-order valence-electron chi connectivity index (χ0n) is 14.8. The largest absolute Gasteiger partial charge is 0.328 e. The first kappa shape index (κ1) is 17.1. The Morgan fingerprint density at radius 1 is 1.04 bits per heavy atom. The SMILES string of the molecule is Cn1c(=O)n(C)c2cc(S(=O)(=O)N[C@H]3CCCc4ccccc43)ccc21. The second kappa shape index (κ2) is 6.10. The molecule has 0 fully saturated rings. The van der Waals surface area contributed by atoms with Gasteiger partial charge in [-0.15, -0.1) is 0 Å². The normalized spacial score (nSPS) is 17.4. The Hall–Kier alpha value is -2.38. The van der Waals surface area contributed by atoms with Gasteiger partial charge >= 0.3 is 5.69 Å². The van der Waals surface area contributed by atoms with E-state index in [9.17, 15) is 13.2 Å². The summed E-state index contributed by atoms with van der Waals surface area (Å²) in [5.74, 6) is 0. The van der Waals surface area contributed by atoms with Gasteiger partial charge in [0, 0.05) is 20.1 Å². The molecule has 4 rings (SSSR count). The van der Waals surface area contributed by atoms with Gasteiger partial charge in [-0.1, -0.05) is 24.3 Å². The minimum absolute atomic E-state index is 0.175. The Balaban J connectivity index is 1.73. The van der Waals surface area contributed by atoms with E-state index in [0.717, 1.165) is 24.8 Å². The lowest BCUT2D eigenvalue weighted by Crippen LogP contribution is -2.31. The fourth-order valence-corrected chi connectivity index (χ4v) is 5.05. The molecule has 0 amide bonds. The number of aryl methyl sites for hydroxylation is 3. The van der Waals surface area contributed by atoms with Crippen LogP contribution in [-0.4, -0.2) is 17.6 Å². The average Bonchev–Trinajstić information content (AvgIpc) is 2.86. The summed E-state index contributed by atoms with van der Waals surface area (Å²) >= 11 is 0. The standard InChI is InChI=1S/C19H21N3O3S/c1-21-17-11-10-14(12-18(17)22(2)19(21)23)26(24,25)20-16-9-5-7-13-6-3-4-8-15(13)16/h3-4,6,8,10-12,16,20H,5,7,9H2,1-2H3/t16-/m0/s1. The molecule has 0 aliphatic heterocycles. The molecule has 1 heterocycles. The number of imidazole rings is 1. The summed E-state index contributed by atoms with van der Waals surface area (Å²) < 4.78 is 31.7. The minimum Gasteiger partial charge on any atom is -0.295 e. The summed E-state index contributed by atoms with van der Waals surface area (Å²) in [7, 11) is -0.368. The van der Waals surface area contributed by atoms with Gasteiger partial charge in [0.1, 0.15) is 0 Å². The predicted molar refractivity (Wildman–Crippen MR) is 101 cm³/mol. The van der Waals surface area contributed by atoms with E-state index in [1.807, 2.05) is 18.2 Å². The molecule has 0 saturated heterocycles. The van der Waals surface area contributed by atoms with E-state index in [4.69, 9.17) is 0 Å². The van der Waals surface area contributed by atoms with E-state index in [2.05, 4.69) is 10.8 Å². The zero-order valence-corrected chi connectivity index (χ0v) is 15.6. The van der Waals surface area contributed by atoms with Gasteiger partial charge in [-0.3, -0.25) is 9.13 Å². The first-order valence-corrected chi connectivity index (χ1v) is 10.1. The highest BCUT2D eigenvalue weighted by Gasteiger charge is 2.26. The van der Waals surface area contributed by atoms with Crippen molar-refractivity contribution in [2.24, 2.45) is 14.1 Å². The van der Waals surface area contributed by atoms with Crippen molar-refractivity contribution in [3.8, 4) is 0 Å². The van der Waals surface area contributed by atoms with Crippen molar-refractivity contribution >= 4 is 21.1 Å². The van der Waals surface area contributed by atoms with Crippen LogP contribution in [0.25, 0.3) is 11.0 Å². The maximum absolute atomic E-state index is 13.0. The molecular weight excluding hydrogens is 350 g/mol. The van der Waals surface area contributed by atoms with Crippen molar-refractivity contribution < 1.29 is 8.42 Å². The van der Waals surface area contributed by atoms with Crippen molar-refractivity contribution in [3.05, 3.63) is 64.1 Å². The molecule has 136 valence electrons. The Morgan fingerprint density at radius 2 is 1.77 bits per heavy atom. The molecule has 0 spiro atoms. The molecule has 26 heavy (non-hydrogen) atoms. The highest BCUT2D eigenvalue weighted by molar-refractivity contribution is 7.89. The van der Waals surface area contributed by atoms with E-state index in [1.165, 1.54) is 14.7 Å². The molecule has 7 heteroatoms. The molecular formula is C19H21N3O3S.